The van der Waals surface area contributed by atoms with Crippen molar-refractivity contribution in [1.29, 1.82) is 0 Å². The molecule has 6 N–H and O–H groups in total. The molecule has 2 amide bonds. The lowest BCUT2D eigenvalue weighted by atomic mass is 10.2. The number of phenols is 2. The van der Waals surface area contributed by atoms with Crippen LogP contribution in [0, 0.1) is 0 Å². The number of H-pyrrole nitrogens is 2. The Bertz CT molecular complexity index is 2060. The third-order valence-corrected chi connectivity index (χ3v) is 8.62. The van der Waals surface area contributed by atoms with Gasteiger partial charge < -0.3 is 20.2 Å². The van der Waals surface area contributed by atoms with E-state index in [1.54, 1.807) is 0 Å². The van der Waals surface area contributed by atoms with Crippen LogP contribution in [-0.4, -0.2) is 50.4 Å². The summed E-state index contributed by atoms with van der Waals surface area (Å²) < 4.78 is 27.0. The number of aromatic hydroxyl groups is 2. The Hall–Kier alpha value is -5.11. The SMILES string of the molecule is O=C(Nc1nc2ccc(S(=O)(=O)c3ccc4nc(NC(=O)c5cc(Cl)ccc5O)[nH]c4c3)cc2[nH]1)c1cc(Cl)ccc1O. The molecule has 0 fully saturated rings. The van der Waals surface area contributed by atoms with E-state index in [2.05, 4.69) is 30.6 Å². The molecule has 4 aromatic carbocycles. The lowest BCUT2D eigenvalue weighted by Gasteiger charge is -2.05. The monoisotopic (exact) mass is 636 g/mol. The van der Waals surface area contributed by atoms with Crippen LogP contribution >= 0.6 is 23.2 Å². The molecule has 0 saturated heterocycles. The van der Waals surface area contributed by atoms with Crippen molar-refractivity contribution in [3.8, 4) is 11.5 Å². The molecule has 6 rings (SSSR count). The van der Waals surface area contributed by atoms with Gasteiger partial charge in [-0.1, -0.05) is 23.2 Å². The van der Waals surface area contributed by atoms with Crippen LogP contribution < -0.4 is 10.6 Å². The number of hydrogen-bond acceptors (Lipinski definition) is 8. The Morgan fingerprint density at radius 3 is 1.49 bits per heavy atom. The van der Waals surface area contributed by atoms with Gasteiger partial charge in [-0.05, 0) is 72.8 Å². The summed E-state index contributed by atoms with van der Waals surface area (Å²) in [5.41, 5.74) is 1.33. The Labute approximate surface area is 252 Å². The van der Waals surface area contributed by atoms with E-state index in [1.165, 1.54) is 72.8 Å². The lowest BCUT2D eigenvalue weighted by molar-refractivity contribution is 0.101. The molecule has 0 atom stereocenters. The Kier molecular flexibility index (Phi) is 6.92. The summed E-state index contributed by atoms with van der Waals surface area (Å²) in [5.74, 6) is -1.80. The van der Waals surface area contributed by atoms with Gasteiger partial charge in [-0.3, -0.25) is 20.2 Å². The maximum Gasteiger partial charge on any atom is 0.261 e. The molecule has 0 saturated carbocycles. The predicted molar refractivity (Wildman–Crippen MR) is 160 cm³/mol. The highest BCUT2D eigenvalue weighted by Gasteiger charge is 2.21. The van der Waals surface area contributed by atoms with E-state index in [9.17, 15) is 28.2 Å². The van der Waals surface area contributed by atoms with Crippen molar-refractivity contribution in [2.75, 3.05) is 10.6 Å². The van der Waals surface area contributed by atoms with E-state index in [1.807, 2.05) is 0 Å². The average Bonchev–Trinajstić information content (AvgIpc) is 3.57. The smallest absolute Gasteiger partial charge is 0.261 e. The zero-order valence-electron chi connectivity index (χ0n) is 21.5. The molecule has 2 heterocycles. The van der Waals surface area contributed by atoms with Crippen molar-refractivity contribution < 1.29 is 28.2 Å². The highest BCUT2D eigenvalue weighted by atomic mass is 35.5. The first-order valence-electron chi connectivity index (χ1n) is 12.3. The number of aromatic nitrogens is 4. The summed E-state index contributed by atoms with van der Waals surface area (Å²) in [4.78, 5) is 39.4. The number of nitrogens with zero attached hydrogens (tertiary/aromatic N) is 2. The van der Waals surface area contributed by atoms with E-state index in [0.717, 1.165) is 0 Å². The van der Waals surface area contributed by atoms with Crippen molar-refractivity contribution in [3.63, 3.8) is 0 Å². The number of rotatable bonds is 6. The molecule has 0 unspecified atom stereocenters. The van der Waals surface area contributed by atoms with Crippen molar-refractivity contribution in [2.45, 2.75) is 9.79 Å². The Morgan fingerprint density at radius 1 is 0.651 bits per heavy atom. The summed E-state index contributed by atoms with van der Waals surface area (Å²) in [5, 5.41) is 25.5. The van der Waals surface area contributed by atoms with E-state index >= 15 is 0 Å². The summed E-state index contributed by atoms with van der Waals surface area (Å²) >= 11 is 11.8. The average molecular weight is 637 g/mol. The summed E-state index contributed by atoms with van der Waals surface area (Å²) in [6, 6.07) is 16.6. The van der Waals surface area contributed by atoms with Gasteiger partial charge in [0.2, 0.25) is 21.7 Å². The van der Waals surface area contributed by atoms with Gasteiger partial charge in [-0.25, -0.2) is 18.4 Å². The summed E-state index contributed by atoms with van der Waals surface area (Å²) in [6.07, 6.45) is 0. The van der Waals surface area contributed by atoms with Crippen LogP contribution in [0.25, 0.3) is 22.1 Å². The quantitative estimate of drug-likeness (QED) is 0.138. The van der Waals surface area contributed by atoms with Gasteiger partial charge in [0.1, 0.15) is 11.5 Å². The molecule has 216 valence electrons. The van der Waals surface area contributed by atoms with E-state index < -0.39 is 21.7 Å². The zero-order valence-corrected chi connectivity index (χ0v) is 23.8. The number of aromatic amines is 2. The number of amides is 2. The van der Waals surface area contributed by atoms with E-state index in [0.29, 0.717) is 22.1 Å². The van der Waals surface area contributed by atoms with Crippen LogP contribution in [-0.2, 0) is 9.84 Å². The second-order valence-corrected chi connectivity index (χ2v) is 12.1. The summed E-state index contributed by atoms with van der Waals surface area (Å²) in [7, 11) is -4.02. The van der Waals surface area contributed by atoms with Gasteiger partial charge in [-0.2, -0.15) is 0 Å². The van der Waals surface area contributed by atoms with Crippen molar-refractivity contribution in [3.05, 3.63) is 94.0 Å². The highest BCUT2D eigenvalue weighted by molar-refractivity contribution is 7.91. The predicted octanol–water partition coefficient (Wildman–Crippen LogP) is 5.49. The minimum absolute atomic E-state index is 0.0356. The first-order valence-corrected chi connectivity index (χ1v) is 14.6. The van der Waals surface area contributed by atoms with Crippen LogP contribution in [0.4, 0.5) is 11.9 Å². The van der Waals surface area contributed by atoms with Crippen LogP contribution in [0.3, 0.4) is 0 Å². The normalized spacial score (nSPS) is 11.6. The molecule has 0 bridgehead atoms. The molecule has 0 radical (unpaired) electrons. The second-order valence-electron chi connectivity index (χ2n) is 9.26. The third kappa shape index (κ3) is 5.44. The maximum absolute atomic E-state index is 13.5. The number of phenolic OH excluding ortho intramolecular Hbond substituents is 2. The number of benzene rings is 4. The molecular formula is C28H18Cl2N6O6S. The minimum Gasteiger partial charge on any atom is -0.507 e. The molecule has 0 aliphatic heterocycles. The van der Waals surface area contributed by atoms with Crippen molar-refractivity contribution in [1.82, 2.24) is 19.9 Å². The zero-order chi connectivity index (χ0) is 30.5. The number of imidazole rings is 2. The van der Waals surface area contributed by atoms with Crippen molar-refractivity contribution in [2.24, 2.45) is 0 Å². The molecular weight excluding hydrogens is 619 g/mol. The van der Waals surface area contributed by atoms with Crippen LogP contribution in [0.2, 0.25) is 10.0 Å². The number of fused-ring (bicyclic) bond motifs is 2. The molecule has 0 aliphatic carbocycles. The molecule has 15 heteroatoms. The fourth-order valence-corrected chi connectivity index (χ4v) is 5.95. The van der Waals surface area contributed by atoms with E-state index in [-0.39, 0.29) is 54.4 Å². The molecule has 43 heavy (non-hydrogen) atoms. The first kappa shape index (κ1) is 28.0. The Balaban J connectivity index is 1.24. The number of anilines is 2. The van der Waals surface area contributed by atoms with Crippen LogP contribution in [0.15, 0.2) is 82.6 Å². The Morgan fingerprint density at radius 2 is 1.07 bits per heavy atom. The van der Waals surface area contributed by atoms with Gasteiger partial charge in [0.05, 0.1) is 43.0 Å². The number of carbonyl (C=O) groups excluding carboxylic acids is 2. The van der Waals surface area contributed by atoms with Crippen LogP contribution in [0.1, 0.15) is 20.7 Å². The fraction of sp³-hybridized carbons (Fsp3) is 0. The molecule has 2 aromatic heterocycles. The van der Waals surface area contributed by atoms with Gasteiger partial charge in [0, 0.05) is 10.0 Å². The minimum atomic E-state index is -4.02. The first-order chi connectivity index (χ1) is 20.5. The standard InChI is InChI=1S/C28H18Cl2N6O6S/c29-13-1-7-23(37)17(9-13)25(39)35-27-31-19-5-3-15(11-21(19)33-27)43(41,42)16-4-6-20-22(12-16)34-28(32-20)36-26(40)18-10-14(30)2-8-24(18)38/h1-12,37-38H,(H2,31,33,35,39)(H2,32,34,36,40). The maximum atomic E-state index is 13.5. The van der Waals surface area contributed by atoms with Gasteiger partial charge >= 0.3 is 0 Å². The molecule has 6 aromatic rings. The molecule has 0 spiro atoms. The molecule has 0 aliphatic rings. The number of nitrogens with one attached hydrogen (secondary N) is 4. The molecule has 12 nitrogen and oxygen atoms in total. The van der Waals surface area contributed by atoms with Gasteiger partial charge in [0.15, 0.2) is 0 Å². The van der Waals surface area contributed by atoms with E-state index in [4.69, 9.17) is 23.2 Å². The summed E-state index contributed by atoms with van der Waals surface area (Å²) in [6.45, 7) is 0. The topological polar surface area (TPSA) is 190 Å². The number of hydrogen-bond donors (Lipinski definition) is 6. The number of halogens is 2. The third-order valence-electron chi connectivity index (χ3n) is 6.40. The van der Waals surface area contributed by atoms with Crippen molar-refractivity contribution >= 4 is 78.8 Å². The lowest BCUT2D eigenvalue weighted by Crippen LogP contribution is -2.13. The van der Waals surface area contributed by atoms with Gasteiger partial charge in [0.25, 0.3) is 11.8 Å². The van der Waals surface area contributed by atoms with Gasteiger partial charge in [-0.15, -0.1) is 0 Å². The van der Waals surface area contributed by atoms with Crippen LogP contribution in [0.5, 0.6) is 11.5 Å². The highest BCUT2D eigenvalue weighted by Crippen LogP contribution is 2.29. The number of sulfone groups is 1. The fourth-order valence-electron chi connectivity index (χ4n) is 4.30. The number of carbonyl (C=O) groups is 2. The largest absolute Gasteiger partial charge is 0.507 e. The second kappa shape index (κ2) is 10.6.